The quantitative estimate of drug-likeness (QED) is 0.403. The molecule has 0 saturated heterocycles. The fourth-order valence-electron chi connectivity index (χ4n) is 3.46. The molecule has 3 rings (SSSR count). The Morgan fingerprint density at radius 2 is 2.12 bits per heavy atom. The van der Waals surface area contributed by atoms with Crippen LogP contribution in [0.4, 0.5) is 14.3 Å². The number of carbonyl (C=O) groups excluding carboxylic acids is 2. The van der Waals surface area contributed by atoms with Crippen LogP contribution in [0.2, 0.25) is 0 Å². The average molecular weight is 489 g/mol. The maximum absolute atomic E-state index is 13.2. The highest BCUT2D eigenvalue weighted by molar-refractivity contribution is 7.13. The Labute approximate surface area is 201 Å². The second-order valence-electron chi connectivity index (χ2n) is 7.97. The molecule has 0 aliphatic heterocycles. The molecule has 0 saturated carbocycles. The molecule has 0 spiro atoms. The number of methoxy groups -OCH3 is 1. The third-order valence-electron chi connectivity index (χ3n) is 5.36. The van der Waals surface area contributed by atoms with Crippen LogP contribution in [-0.4, -0.2) is 58.8 Å². The van der Waals surface area contributed by atoms with Gasteiger partial charge in [0.25, 0.3) is 5.91 Å². The van der Waals surface area contributed by atoms with Crippen molar-refractivity contribution < 1.29 is 18.7 Å². The molecular formula is C23H29FN6O3S. The summed E-state index contributed by atoms with van der Waals surface area (Å²) >= 11 is 1.31. The van der Waals surface area contributed by atoms with E-state index in [1.807, 2.05) is 12.3 Å². The van der Waals surface area contributed by atoms with Crippen LogP contribution in [0.15, 0.2) is 29.6 Å². The van der Waals surface area contributed by atoms with E-state index in [4.69, 9.17) is 4.74 Å². The predicted octanol–water partition coefficient (Wildman–Crippen LogP) is 3.66. The second kappa shape index (κ2) is 11.7. The number of ether oxygens (including phenoxy) is 1. The molecule has 9 nitrogen and oxygen atoms in total. The van der Waals surface area contributed by atoms with Crippen LogP contribution in [0.1, 0.15) is 39.4 Å². The summed E-state index contributed by atoms with van der Waals surface area (Å²) in [6, 6.07) is 5.63. The molecule has 34 heavy (non-hydrogen) atoms. The van der Waals surface area contributed by atoms with Crippen molar-refractivity contribution in [2.45, 2.75) is 39.3 Å². The topological polar surface area (TPSA) is 112 Å². The Morgan fingerprint density at radius 3 is 2.79 bits per heavy atom. The Hall–Kier alpha value is -3.31. The maximum atomic E-state index is 13.2. The number of carbonyl (C=O) groups is 2. The highest BCUT2D eigenvalue weighted by atomic mass is 32.1. The molecule has 0 bridgehead atoms. The first-order chi connectivity index (χ1) is 16.3. The van der Waals surface area contributed by atoms with Crippen LogP contribution < -0.4 is 10.6 Å². The molecule has 3 N–H and O–H groups in total. The van der Waals surface area contributed by atoms with Gasteiger partial charge in [-0.3, -0.25) is 15.2 Å². The summed E-state index contributed by atoms with van der Waals surface area (Å²) in [6.45, 7) is 4.35. The number of amides is 3. The maximum Gasteiger partial charge on any atom is 0.321 e. The van der Waals surface area contributed by atoms with Crippen molar-refractivity contribution in [2.75, 3.05) is 26.0 Å². The van der Waals surface area contributed by atoms with Crippen molar-refractivity contribution in [1.29, 1.82) is 0 Å². The Kier molecular flexibility index (Phi) is 8.72. The zero-order valence-corrected chi connectivity index (χ0v) is 20.5. The number of hydrogen-bond donors (Lipinski definition) is 3. The molecule has 1 unspecified atom stereocenters. The molecular weight excluding hydrogens is 459 g/mol. The van der Waals surface area contributed by atoms with Crippen molar-refractivity contribution in [1.82, 2.24) is 25.4 Å². The van der Waals surface area contributed by atoms with Gasteiger partial charge in [-0.2, -0.15) is 5.10 Å². The van der Waals surface area contributed by atoms with Crippen LogP contribution in [0.5, 0.6) is 0 Å². The number of aromatic nitrogens is 3. The lowest BCUT2D eigenvalue weighted by atomic mass is 10.1. The molecule has 11 heteroatoms. The van der Waals surface area contributed by atoms with Crippen molar-refractivity contribution in [2.24, 2.45) is 0 Å². The van der Waals surface area contributed by atoms with E-state index in [1.54, 1.807) is 38.1 Å². The molecule has 3 aromatic rings. The van der Waals surface area contributed by atoms with Gasteiger partial charge in [-0.15, -0.1) is 11.3 Å². The van der Waals surface area contributed by atoms with Gasteiger partial charge in [-0.05, 0) is 38.0 Å². The summed E-state index contributed by atoms with van der Waals surface area (Å²) < 4.78 is 18.8. The Morgan fingerprint density at radius 1 is 1.32 bits per heavy atom. The first kappa shape index (κ1) is 25.3. The molecule has 0 fully saturated rings. The number of hydrogen-bond acceptors (Lipinski definition) is 6. The van der Waals surface area contributed by atoms with E-state index in [0.29, 0.717) is 41.3 Å². The molecule has 2 heterocycles. The number of thiazole rings is 1. The van der Waals surface area contributed by atoms with Gasteiger partial charge < -0.3 is 15.0 Å². The van der Waals surface area contributed by atoms with E-state index in [-0.39, 0.29) is 24.4 Å². The number of urea groups is 1. The number of halogens is 1. The summed E-state index contributed by atoms with van der Waals surface area (Å²) in [5.74, 6) is -0.428. The second-order valence-corrected chi connectivity index (χ2v) is 8.83. The number of H-pyrrole nitrogens is 1. The minimum absolute atomic E-state index is 0.0806. The molecule has 1 aromatic carbocycles. The summed E-state index contributed by atoms with van der Waals surface area (Å²) in [5.41, 5.74) is 3.48. The number of anilines is 1. The molecule has 2 aromatic heterocycles. The number of nitrogens with one attached hydrogen (secondary N) is 3. The van der Waals surface area contributed by atoms with Gasteiger partial charge in [0, 0.05) is 44.7 Å². The fourth-order valence-corrected chi connectivity index (χ4v) is 4.18. The third kappa shape index (κ3) is 6.84. The molecule has 0 aliphatic carbocycles. The van der Waals surface area contributed by atoms with Crippen molar-refractivity contribution >= 4 is 28.4 Å². The molecule has 0 aliphatic rings. The fraction of sp³-hybridized carbons (Fsp3) is 0.391. The summed E-state index contributed by atoms with van der Waals surface area (Å²) in [5, 5.41) is 14.6. The van der Waals surface area contributed by atoms with Gasteiger partial charge in [-0.25, -0.2) is 14.2 Å². The summed E-state index contributed by atoms with van der Waals surface area (Å²) in [6.07, 6.45) is 1.03. The van der Waals surface area contributed by atoms with E-state index in [9.17, 15) is 14.0 Å². The van der Waals surface area contributed by atoms with E-state index < -0.39 is 6.03 Å². The van der Waals surface area contributed by atoms with Gasteiger partial charge in [-0.1, -0.05) is 12.1 Å². The van der Waals surface area contributed by atoms with Crippen LogP contribution >= 0.6 is 11.3 Å². The Bertz CT molecular complexity index is 1110. The van der Waals surface area contributed by atoms with Gasteiger partial charge in [0.15, 0.2) is 5.13 Å². The van der Waals surface area contributed by atoms with Gasteiger partial charge in [0.2, 0.25) is 0 Å². The van der Waals surface area contributed by atoms with E-state index in [2.05, 4.69) is 25.8 Å². The summed E-state index contributed by atoms with van der Waals surface area (Å²) in [4.78, 5) is 31.0. The lowest BCUT2D eigenvalue weighted by Crippen LogP contribution is -2.31. The number of benzene rings is 1. The van der Waals surface area contributed by atoms with Crippen molar-refractivity contribution in [3.63, 3.8) is 0 Å². The molecule has 0 radical (unpaired) electrons. The largest absolute Gasteiger partial charge is 0.381 e. The monoisotopic (exact) mass is 488 g/mol. The van der Waals surface area contributed by atoms with Gasteiger partial charge in [0.1, 0.15) is 5.82 Å². The van der Waals surface area contributed by atoms with E-state index in [0.717, 1.165) is 11.4 Å². The SMILES string of the molecule is COC(CCN(C)C(=O)c1c(C)n[nH]c1C)Cc1csc(NC(=O)NCc2cccc(F)c2)n1. The van der Waals surface area contributed by atoms with Crippen molar-refractivity contribution in [3.8, 4) is 0 Å². The van der Waals surface area contributed by atoms with E-state index in [1.165, 1.54) is 23.5 Å². The first-order valence-electron chi connectivity index (χ1n) is 10.8. The third-order valence-corrected chi connectivity index (χ3v) is 6.17. The number of aryl methyl sites for hydroxylation is 2. The normalized spacial score (nSPS) is 11.8. The highest BCUT2D eigenvalue weighted by Gasteiger charge is 2.20. The summed E-state index contributed by atoms with van der Waals surface area (Å²) in [7, 11) is 3.39. The standard InChI is InChI=1S/C23H29FN6O3S/c1-14-20(15(2)29-28-14)21(31)30(3)9-8-19(33-4)11-18-13-34-23(26-18)27-22(32)25-12-16-6-5-7-17(24)10-16/h5-7,10,13,19H,8-9,11-12H2,1-4H3,(H,28,29)(H2,25,26,27,32). The van der Waals surface area contributed by atoms with E-state index >= 15 is 0 Å². The number of nitrogens with zero attached hydrogens (tertiary/aromatic N) is 3. The van der Waals surface area contributed by atoms with Crippen molar-refractivity contribution in [3.05, 3.63) is 63.7 Å². The smallest absolute Gasteiger partial charge is 0.321 e. The highest BCUT2D eigenvalue weighted by Crippen LogP contribution is 2.19. The molecule has 182 valence electrons. The van der Waals surface area contributed by atoms with Gasteiger partial charge in [0.05, 0.1) is 23.1 Å². The molecule has 3 amide bonds. The van der Waals surface area contributed by atoms with Gasteiger partial charge >= 0.3 is 6.03 Å². The predicted molar refractivity (Wildman–Crippen MR) is 129 cm³/mol. The zero-order valence-electron chi connectivity index (χ0n) is 19.6. The Balaban J connectivity index is 1.46. The van der Waals surface area contributed by atoms with Crippen LogP contribution in [0.3, 0.4) is 0 Å². The average Bonchev–Trinajstić information content (AvgIpc) is 3.39. The van der Waals surface area contributed by atoms with Crippen LogP contribution in [0, 0.1) is 19.7 Å². The lowest BCUT2D eigenvalue weighted by molar-refractivity contribution is 0.0683. The zero-order chi connectivity index (χ0) is 24.7. The van der Waals surface area contributed by atoms with Crippen LogP contribution in [-0.2, 0) is 17.7 Å². The number of aromatic amines is 1. The first-order valence-corrected chi connectivity index (χ1v) is 11.7. The molecule has 1 atom stereocenters. The minimum atomic E-state index is -0.418. The minimum Gasteiger partial charge on any atom is -0.381 e. The number of rotatable bonds is 10. The lowest BCUT2D eigenvalue weighted by Gasteiger charge is -2.21. The van der Waals surface area contributed by atoms with Crippen LogP contribution in [0.25, 0.3) is 0 Å².